The third-order valence-electron chi connectivity index (χ3n) is 2.70. The van der Waals surface area contributed by atoms with Crippen LogP contribution in [-0.4, -0.2) is 25.2 Å². The van der Waals surface area contributed by atoms with Crippen molar-refractivity contribution < 1.29 is 4.74 Å². The first-order chi connectivity index (χ1) is 6.85. The molecule has 0 spiro atoms. The molecule has 0 fully saturated rings. The van der Waals surface area contributed by atoms with Gasteiger partial charge in [0.15, 0.2) is 0 Å². The van der Waals surface area contributed by atoms with Crippen molar-refractivity contribution in [3.8, 4) is 5.88 Å². The summed E-state index contributed by atoms with van der Waals surface area (Å²) in [6.07, 6.45) is 2.27. The Morgan fingerprint density at radius 1 is 1.50 bits per heavy atom. The van der Waals surface area contributed by atoms with Gasteiger partial charge >= 0.3 is 0 Å². The number of pyridine rings is 1. The van der Waals surface area contributed by atoms with E-state index >= 15 is 0 Å². The summed E-state index contributed by atoms with van der Waals surface area (Å²) in [4.78, 5) is 6.83. The topological polar surface area (TPSA) is 25.4 Å². The molecule has 0 saturated heterocycles. The fourth-order valence-corrected chi connectivity index (χ4v) is 1.95. The Labute approximate surface area is 84.7 Å². The molecule has 0 radical (unpaired) electrons. The number of methoxy groups -OCH3 is 1. The van der Waals surface area contributed by atoms with E-state index in [1.807, 2.05) is 6.07 Å². The van der Waals surface area contributed by atoms with Crippen LogP contribution in [0.4, 0.5) is 5.69 Å². The van der Waals surface area contributed by atoms with Gasteiger partial charge < -0.3 is 9.64 Å². The zero-order valence-corrected chi connectivity index (χ0v) is 8.79. The zero-order valence-electron chi connectivity index (χ0n) is 8.79. The lowest BCUT2D eigenvalue weighted by molar-refractivity contribution is 0.395. The minimum absolute atomic E-state index is 0.724. The van der Waals surface area contributed by atoms with Crippen LogP contribution in [0.3, 0.4) is 0 Å². The molecule has 1 aliphatic heterocycles. The van der Waals surface area contributed by atoms with E-state index in [-0.39, 0.29) is 0 Å². The lowest BCUT2D eigenvalue weighted by Crippen LogP contribution is -2.29. The van der Waals surface area contributed by atoms with Crippen molar-refractivity contribution in [1.82, 2.24) is 4.98 Å². The van der Waals surface area contributed by atoms with Crippen molar-refractivity contribution in [2.75, 3.05) is 25.1 Å². The van der Waals surface area contributed by atoms with Crippen molar-refractivity contribution in [1.29, 1.82) is 0 Å². The molecule has 1 aromatic rings. The maximum atomic E-state index is 5.12. The number of anilines is 1. The molecular weight excluding hydrogens is 176 g/mol. The number of nitrogens with zero attached hydrogens (tertiary/aromatic N) is 2. The van der Waals surface area contributed by atoms with Gasteiger partial charge in [-0.05, 0) is 25.8 Å². The molecular formula is C11H16N2O. The quantitative estimate of drug-likeness (QED) is 0.715. The van der Waals surface area contributed by atoms with Gasteiger partial charge in [-0.2, -0.15) is 0 Å². The maximum absolute atomic E-state index is 5.12. The van der Waals surface area contributed by atoms with E-state index in [1.165, 1.54) is 17.8 Å². The van der Waals surface area contributed by atoms with Gasteiger partial charge in [0.25, 0.3) is 0 Å². The van der Waals surface area contributed by atoms with Gasteiger partial charge in [-0.15, -0.1) is 0 Å². The molecule has 1 aliphatic rings. The van der Waals surface area contributed by atoms with Gasteiger partial charge in [0.1, 0.15) is 0 Å². The summed E-state index contributed by atoms with van der Waals surface area (Å²) >= 11 is 0. The molecule has 0 saturated carbocycles. The van der Waals surface area contributed by atoms with Crippen molar-refractivity contribution >= 4 is 5.69 Å². The first kappa shape index (κ1) is 9.31. The van der Waals surface area contributed by atoms with Gasteiger partial charge in [-0.1, -0.05) is 0 Å². The molecule has 2 rings (SSSR count). The number of aryl methyl sites for hydroxylation is 1. The number of fused-ring (bicyclic) bond motifs is 1. The summed E-state index contributed by atoms with van der Waals surface area (Å²) < 4.78 is 5.12. The van der Waals surface area contributed by atoms with E-state index in [2.05, 4.69) is 22.9 Å². The summed E-state index contributed by atoms with van der Waals surface area (Å²) in [5, 5.41) is 0. The Bertz CT molecular complexity index is 325. The Kier molecular flexibility index (Phi) is 2.57. The summed E-state index contributed by atoms with van der Waals surface area (Å²) in [5.74, 6) is 0.724. The third kappa shape index (κ3) is 1.54. The van der Waals surface area contributed by atoms with Crippen LogP contribution in [0.25, 0.3) is 0 Å². The third-order valence-corrected chi connectivity index (χ3v) is 2.70. The lowest BCUT2D eigenvalue weighted by atomic mass is 10.1. The van der Waals surface area contributed by atoms with E-state index in [9.17, 15) is 0 Å². The highest BCUT2D eigenvalue weighted by atomic mass is 16.5. The van der Waals surface area contributed by atoms with Crippen LogP contribution in [0.15, 0.2) is 12.1 Å². The smallest absolute Gasteiger partial charge is 0.213 e. The van der Waals surface area contributed by atoms with E-state index < -0.39 is 0 Å². The van der Waals surface area contributed by atoms with Gasteiger partial charge in [0, 0.05) is 19.2 Å². The molecule has 0 unspecified atom stereocenters. The number of ether oxygens (including phenoxy) is 1. The molecule has 14 heavy (non-hydrogen) atoms. The summed E-state index contributed by atoms with van der Waals surface area (Å²) in [7, 11) is 1.66. The van der Waals surface area contributed by atoms with Crippen molar-refractivity contribution in [3.05, 3.63) is 17.8 Å². The summed E-state index contributed by atoms with van der Waals surface area (Å²) in [6, 6.07) is 4.05. The first-order valence-corrected chi connectivity index (χ1v) is 5.14. The summed E-state index contributed by atoms with van der Waals surface area (Å²) in [5.41, 5.74) is 2.46. The molecule has 0 aromatic carbocycles. The Hall–Kier alpha value is -1.25. The predicted molar refractivity (Wildman–Crippen MR) is 57.0 cm³/mol. The van der Waals surface area contributed by atoms with Crippen LogP contribution >= 0.6 is 0 Å². The first-order valence-electron chi connectivity index (χ1n) is 5.14. The molecule has 2 heterocycles. The highest BCUT2D eigenvalue weighted by Crippen LogP contribution is 2.27. The minimum atomic E-state index is 0.724. The molecule has 0 amide bonds. The van der Waals surface area contributed by atoms with Crippen molar-refractivity contribution in [3.63, 3.8) is 0 Å². The normalized spacial score (nSPS) is 15.1. The molecule has 0 aliphatic carbocycles. The lowest BCUT2D eigenvalue weighted by Gasteiger charge is -2.29. The van der Waals surface area contributed by atoms with E-state index in [4.69, 9.17) is 4.74 Å². The van der Waals surface area contributed by atoms with Gasteiger partial charge in [-0.25, -0.2) is 4.98 Å². The largest absolute Gasteiger partial charge is 0.481 e. The van der Waals surface area contributed by atoms with Gasteiger partial charge in [0.2, 0.25) is 5.88 Å². The molecule has 3 heteroatoms. The Morgan fingerprint density at radius 2 is 2.36 bits per heavy atom. The number of hydrogen-bond acceptors (Lipinski definition) is 3. The minimum Gasteiger partial charge on any atom is -0.481 e. The molecule has 76 valence electrons. The molecule has 0 N–H and O–H groups in total. The van der Waals surface area contributed by atoms with Crippen LogP contribution in [0.1, 0.15) is 19.0 Å². The SMILES string of the molecule is CCN1CCCc2nc(OC)ccc21. The Balaban J connectivity index is 2.35. The standard InChI is InChI=1S/C11H16N2O/c1-3-13-8-4-5-9-10(13)6-7-11(12-9)14-2/h6-7H,3-5,8H2,1-2H3. The second-order valence-corrected chi connectivity index (χ2v) is 3.50. The number of rotatable bonds is 2. The van der Waals surface area contributed by atoms with E-state index in [0.29, 0.717) is 0 Å². The van der Waals surface area contributed by atoms with Crippen molar-refractivity contribution in [2.45, 2.75) is 19.8 Å². The highest BCUT2D eigenvalue weighted by molar-refractivity contribution is 5.53. The highest BCUT2D eigenvalue weighted by Gasteiger charge is 2.16. The molecule has 3 nitrogen and oxygen atoms in total. The average molecular weight is 192 g/mol. The van der Waals surface area contributed by atoms with Gasteiger partial charge in [-0.3, -0.25) is 0 Å². The molecule has 0 atom stereocenters. The van der Waals surface area contributed by atoms with Gasteiger partial charge in [0.05, 0.1) is 18.5 Å². The fourth-order valence-electron chi connectivity index (χ4n) is 1.95. The van der Waals surface area contributed by atoms with E-state index in [1.54, 1.807) is 7.11 Å². The molecule has 0 bridgehead atoms. The van der Waals surface area contributed by atoms with Crippen LogP contribution in [0.5, 0.6) is 5.88 Å². The summed E-state index contributed by atoms with van der Waals surface area (Å²) in [6.45, 7) is 4.39. The zero-order chi connectivity index (χ0) is 9.97. The maximum Gasteiger partial charge on any atom is 0.213 e. The second kappa shape index (κ2) is 3.86. The molecule has 1 aromatic heterocycles. The monoisotopic (exact) mass is 192 g/mol. The number of hydrogen-bond donors (Lipinski definition) is 0. The van der Waals surface area contributed by atoms with Crippen molar-refractivity contribution in [2.24, 2.45) is 0 Å². The van der Waals surface area contributed by atoms with Crippen LogP contribution in [-0.2, 0) is 6.42 Å². The number of aromatic nitrogens is 1. The van der Waals surface area contributed by atoms with Crippen LogP contribution in [0, 0.1) is 0 Å². The van der Waals surface area contributed by atoms with Crippen LogP contribution < -0.4 is 9.64 Å². The second-order valence-electron chi connectivity index (χ2n) is 3.50. The predicted octanol–water partition coefficient (Wildman–Crippen LogP) is 1.86. The van der Waals surface area contributed by atoms with E-state index in [0.717, 1.165) is 25.4 Å². The Morgan fingerprint density at radius 3 is 3.07 bits per heavy atom. The average Bonchev–Trinajstić information content (AvgIpc) is 2.27. The van der Waals surface area contributed by atoms with Crippen LogP contribution in [0.2, 0.25) is 0 Å². The fraction of sp³-hybridized carbons (Fsp3) is 0.545.